The lowest BCUT2D eigenvalue weighted by atomic mass is 10.1. The van der Waals surface area contributed by atoms with Gasteiger partial charge in [0.1, 0.15) is 6.04 Å². The number of thiophene rings is 1. The summed E-state index contributed by atoms with van der Waals surface area (Å²) >= 11 is 1.42. The monoisotopic (exact) mass is 330 g/mol. The molecule has 6 nitrogen and oxygen atoms in total. The van der Waals surface area contributed by atoms with E-state index in [1.165, 1.54) is 40.5 Å². The van der Waals surface area contributed by atoms with Crippen molar-refractivity contribution in [2.75, 3.05) is 13.1 Å². The zero-order valence-corrected chi connectivity index (χ0v) is 12.9. The standard InChI is InChI=1S/C16H14N2O4S/c19-14-13(12-2-1-9-23-12)18(8-7-17-14)15(20)10-3-5-11(6-4-10)16(21)22/h1-6,9,13H,7-8H2,(H,17,19)(H,21,22)/t13-/m0/s1. The molecule has 23 heavy (non-hydrogen) atoms. The molecule has 118 valence electrons. The number of carbonyl (C=O) groups excluding carboxylic acids is 2. The van der Waals surface area contributed by atoms with Gasteiger partial charge in [-0.1, -0.05) is 6.07 Å². The van der Waals surface area contributed by atoms with Crippen LogP contribution >= 0.6 is 11.3 Å². The van der Waals surface area contributed by atoms with E-state index in [9.17, 15) is 14.4 Å². The molecule has 0 radical (unpaired) electrons. The SMILES string of the molecule is O=C(O)c1ccc(C(=O)N2CCNC(=O)[C@@H]2c2cccs2)cc1. The second-order valence-electron chi connectivity index (χ2n) is 5.09. The van der Waals surface area contributed by atoms with E-state index in [-0.39, 0.29) is 17.4 Å². The molecule has 1 aliphatic rings. The van der Waals surface area contributed by atoms with E-state index in [0.29, 0.717) is 18.7 Å². The average Bonchev–Trinajstić information content (AvgIpc) is 3.08. The fourth-order valence-corrected chi connectivity index (χ4v) is 3.37. The Morgan fingerprint density at radius 3 is 2.48 bits per heavy atom. The van der Waals surface area contributed by atoms with Crippen LogP contribution in [0, 0.1) is 0 Å². The summed E-state index contributed by atoms with van der Waals surface area (Å²) in [5.74, 6) is -1.53. The Bertz CT molecular complexity index is 740. The minimum atomic E-state index is -1.04. The van der Waals surface area contributed by atoms with Gasteiger partial charge in [-0.05, 0) is 35.7 Å². The Hall–Kier alpha value is -2.67. The number of nitrogens with zero attached hydrogens (tertiary/aromatic N) is 1. The number of hydrogen-bond donors (Lipinski definition) is 2. The zero-order valence-electron chi connectivity index (χ0n) is 12.1. The van der Waals surface area contributed by atoms with Gasteiger partial charge in [0.25, 0.3) is 5.91 Å². The van der Waals surface area contributed by atoms with E-state index in [2.05, 4.69) is 5.32 Å². The van der Waals surface area contributed by atoms with Gasteiger partial charge in [-0.2, -0.15) is 0 Å². The molecule has 1 saturated heterocycles. The number of benzene rings is 1. The largest absolute Gasteiger partial charge is 0.478 e. The van der Waals surface area contributed by atoms with Crippen molar-refractivity contribution in [3.8, 4) is 0 Å². The van der Waals surface area contributed by atoms with Crippen LogP contribution in [-0.2, 0) is 4.79 Å². The highest BCUT2D eigenvalue weighted by molar-refractivity contribution is 7.10. The molecule has 0 aliphatic carbocycles. The molecule has 1 atom stereocenters. The van der Waals surface area contributed by atoms with Crippen LogP contribution < -0.4 is 5.32 Å². The molecule has 2 aromatic rings. The molecule has 0 unspecified atom stereocenters. The van der Waals surface area contributed by atoms with Gasteiger partial charge in [0.15, 0.2) is 0 Å². The zero-order chi connectivity index (χ0) is 16.4. The van der Waals surface area contributed by atoms with Gasteiger partial charge in [0.2, 0.25) is 5.91 Å². The maximum Gasteiger partial charge on any atom is 0.335 e. The highest BCUT2D eigenvalue weighted by atomic mass is 32.1. The second-order valence-corrected chi connectivity index (χ2v) is 6.07. The summed E-state index contributed by atoms with van der Waals surface area (Å²) in [5, 5.41) is 13.6. The van der Waals surface area contributed by atoms with Crippen LogP contribution in [-0.4, -0.2) is 40.9 Å². The molecular weight excluding hydrogens is 316 g/mol. The lowest BCUT2D eigenvalue weighted by Gasteiger charge is -2.34. The van der Waals surface area contributed by atoms with Gasteiger partial charge in [-0.25, -0.2) is 4.79 Å². The van der Waals surface area contributed by atoms with Crippen molar-refractivity contribution in [2.24, 2.45) is 0 Å². The molecule has 3 rings (SSSR count). The number of carbonyl (C=O) groups is 3. The summed E-state index contributed by atoms with van der Waals surface area (Å²) in [6.45, 7) is 0.813. The van der Waals surface area contributed by atoms with E-state index < -0.39 is 12.0 Å². The van der Waals surface area contributed by atoms with Crippen molar-refractivity contribution in [3.05, 3.63) is 57.8 Å². The Balaban J connectivity index is 1.89. The summed E-state index contributed by atoms with van der Waals surface area (Å²) < 4.78 is 0. The van der Waals surface area contributed by atoms with Gasteiger partial charge in [0.05, 0.1) is 5.56 Å². The fraction of sp³-hybridized carbons (Fsp3) is 0.188. The molecular formula is C16H14N2O4S. The van der Waals surface area contributed by atoms with E-state index in [1.54, 1.807) is 0 Å². The van der Waals surface area contributed by atoms with Crippen LogP contribution in [0.4, 0.5) is 0 Å². The van der Waals surface area contributed by atoms with Gasteiger partial charge in [-0.3, -0.25) is 9.59 Å². The van der Waals surface area contributed by atoms with E-state index in [0.717, 1.165) is 4.88 Å². The van der Waals surface area contributed by atoms with E-state index in [4.69, 9.17) is 5.11 Å². The molecule has 0 saturated carbocycles. The molecule has 7 heteroatoms. The minimum absolute atomic E-state index is 0.118. The molecule has 1 aromatic carbocycles. The smallest absolute Gasteiger partial charge is 0.335 e. The lowest BCUT2D eigenvalue weighted by Crippen LogP contribution is -2.51. The van der Waals surface area contributed by atoms with E-state index >= 15 is 0 Å². The first-order valence-electron chi connectivity index (χ1n) is 7.03. The van der Waals surface area contributed by atoms with Crippen LogP contribution in [0.5, 0.6) is 0 Å². The highest BCUT2D eigenvalue weighted by Crippen LogP contribution is 2.28. The summed E-state index contributed by atoms with van der Waals surface area (Å²) in [4.78, 5) is 38.2. The van der Waals surface area contributed by atoms with Crippen molar-refractivity contribution in [3.63, 3.8) is 0 Å². The van der Waals surface area contributed by atoms with Gasteiger partial charge >= 0.3 is 5.97 Å². The van der Waals surface area contributed by atoms with Crippen molar-refractivity contribution in [1.29, 1.82) is 0 Å². The average molecular weight is 330 g/mol. The second kappa shape index (κ2) is 6.21. The Morgan fingerprint density at radius 1 is 1.17 bits per heavy atom. The van der Waals surface area contributed by atoms with Crippen LogP contribution in [0.15, 0.2) is 41.8 Å². The Labute approximate surface area is 136 Å². The number of rotatable bonds is 3. The van der Waals surface area contributed by atoms with E-state index in [1.807, 2.05) is 17.5 Å². The summed E-state index contributed by atoms with van der Waals surface area (Å²) in [5.41, 5.74) is 0.485. The predicted octanol–water partition coefficient (Wildman–Crippen LogP) is 1.76. The number of carboxylic acid groups (broad SMARTS) is 1. The van der Waals surface area contributed by atoms with Gasteiger partial charge in [-0.15, -0.1) is 11.3 Å². The molecule has 0 bridgehead atoms. The third-order valence-electron chi connectivity index (χ3n) is 3.66. The van der Waals surface area contributed by atoms with Crippen molar-refractivity contribution in [2.45, 2.75) is 6.04 Å². The number of piperazine rings is 1. The van der Waals surface area contributed by atoms with Crippen LogP contribution in [0.2, 0.25) is 0 Å². The maximum atomic E-state index is 12.7. The first kappa shape index (κ1) is 15.2. The van der Waals surface area contributed by atoms with Crippen molar-refractivity contribution >= 4 is 29.1 Å². The molecule has 0 spiro atoms. The lowest BCUT2D eigenvalue weighted by molar-refractivity contribution is -0.127. The number of carboxylic acids is 1. The predicted molar refractivity (Wildman–Crippen MR) is 84.5 cm³/mol. The topological polar surface area (TPSA) is 86.7 Å². The van der Waals surface area contributed by atoms with Crippen LogP contribution in [0.3, 0.4) is 0 Å². The third-order valence-corrected chi connectivity index (χ3v) is 4.59. The molecule has 1 aromatic heterocycles. The van der Waals surface area contributed by atoms with Gasteiger partial charge in [0, 0.05) is 23.5 Å². The molecule has 1 aliphatic heterocycles. The molecule has 2 amide bonds. The summed E-state index contributed by atoms with van der Waals surface area (Å²) in [6.07, 6.45) is 0. The van der Waals surface area contributed by atoms with Crippen molar-refractivity contribution < 1.29 is 19.5 Å². The third kappa shape index (κ3) is 2.95. The quantitative estimate of drug-likeness (QED) is 0.898. The Kier molecular flexibility index (Phi) is 4.12. The number of nitrogens with one attached hydrogen (secondary N) is 1. The number of hydrogen-bond acceptors (Lipinski definition) is 4. The normalized spacial score (nSPS) is 17.7. The molecule has 2 N–H and O–H groups in total. The fourth-order valence-electron chi connectivity index (χ4n) is 2.54. The highest BCUT2D eigenvalue weighted by Gasteiger charge is 2.35. The maximum absolute atomic E-state index is 12.7. The van der Waals surface area contributed by atoms with Crippen molar-refractivity contribution in [1.82, 2.24) is 10.2 Å². The minimum Gasteiger partial charge on any atom is -0.478 e. The summed E-state index contributed by atoms with van der Waals surface area (Å²) in [7, 11) is 0. The van der Waals surface area contributed by atoms with Crippen LogP contribution in [0.1, 0.15) is 31.6 Å². The van der Waals surface area contributed by atoms with Gasteiger partial charge < -0.3 is 15.3 Å². The first-order chi connectivity index (χ1) is 11.1. The molecule has 2 heterocycles. The number of aromatic carboxylic acids is 1. The Morgan fingerprint density at radius 2 is 1.87 bits per heavy atom. The number of amides is 2. The summed E-state index contributed by atoms with van der Waals surface area (Å²) in [6, 6.07) is 8.75. The molecule has 1 fully saturated rings. The van der Waals surface area contributed by atoms with Crippen LogP contribution in [0.25, 0.3) is 0 Å². The first-order valence-corrected chi connectivity index (χ1v) is 7.91.